The summed E-state index contributed by atoms with van der Waals surface area (Å²) in [6.45, 7) is 6.08. The zero-order chi connectivity index (χ0) is 20.8. The number of halogens is 1. The van der Waals surface area contributed by atoms with E-state index in [0.717, 1.165) is 24.0 Å². The van der Waals surface area contributed by atoms with Crippen LogP contribution in [0.2, 0.25) is 0 Å². The number of carbonyl (C=O) groups is 1. The van der Waals surface area contributed by atoms with Crippen LogP contribution >= 0.6 is 0 Å². The highest BCUT2D eigenvalue weighted by molar-refractivity contribution is 5.74. The number of aryl methyl sites for hydroxylation is 2. The number of carbonyl (C=O) groups excluding carboxylic acids is 1. The molecule has 1 amide bonds. The van der Waals surface area contributed by atoms with Crippen molar-refractivity contribution in [2.24, 2.45) is 5.73 Å². The van der Waals surface area contributed by atoms with Gasteiger partial charge in [-0.3, -0.25) is 4.79 Å². The van der Waals surface area contributed by atoms with Crippen molar-refractivity contribution in [1.29, 1.82) is 0 Å². The minimum absolute atomic E-state index is 0.242. The molecular formula is C24H29FN2O. The molecule has 0 atom stereocenters. The van der Waals surface area contributed by atoms with Gasteiger partial charge >= 0.3 is 0 Å². The molecule has 28 heavy (non-hydrogen) atoms. The molecule has 0 aliphatic heterocycles. The van der Waals surface area contributed by atoms with Crippen LogP contribution in [0, 0.1) is 5.95 Å². The molecule has 0 radical (unpaired) electrons. The fourth-order valence-electron chi connectivity index (χ4n) is 2.47. The maximum atomic E-state index is 13.4. The summed E-state index contributed by atoms with van der Waals surface area (Å²) in [7, 11) is 0. The highest BCUT2D eigenvalue weighted by atomic mass is 19.1. The summed E-state index contributed by atoms with van der Waals surface area (Å²) in [6, 6.07) is 21.2. The van der Waals surface area contributed by atoms with Crippen LogP contribution in [0.1, 0.15) is 38.3 Å². The van der Waals surface area contributed by atoms with Gasteiger partial charge in [-0.15, -0.1) is 0 Å². The first-order chi connectivity index (χ1) is 13.6. The first-order valence-electron chi connectivity index (χ1n) is 9.62. The number of aromatic nitrogens is 1. The summed E-state index contributed by atoms with van der Waals surface area (Å²) >= 11 is 0. The van der Waals surface area contributed by atoms with Crippen molar-refractivity contribution in [2.75, 3.05) is 0 Å². The Balaban J connectivity index is 0.000000268. The van der Waals surface area contributed by atoms with Crippen molar-refractivity contribution in [2.45, 2.75) is 40.0 Å². The SMILES string of the molecule is CC.CCc1cccc(-c2cccnc2F)c1.NC(=O)CCc1ccccc1. The van der Waals surface area contributed by atoms with Gasteiger partial charge in [0.25, 0.3) is 0 Å². The third-order valence-electron chi connectivity index (χ3n) is 3.91. The smallest absolute Gasteiger partial charge is 0.220 e. The normalized spacial score (nSPS) is 9.43. The zero-order valence-electron chi connectivity index (χ0n) is 16.9. The Kier molecular flexibility index (Phi) is 10.9. The van der Waals surface area contributed by atoms with E-state index in [2.05, 4.69) is 11.9 Å². The molecule has 0 saturated heterocycles. The van der Waals surface area contributed by atoms with E-state index in [1.807, 2.05) is 68.4 Å². The highest BCUT2D eigenvalue weighted by Gasteiger charge is 2.04. The summed E-state index contributed by atoms with van der Waals surface area (Å²) in [6.07, 6.45) is 3.60. The van der Waals surface area contributed by atoms with Crippen LogP contribution in [0.15, 0.2) is 72.9 Å². The molecule has 0 aliphatic carbocycles. The Bertz CT molecular complexity index is 835. The standard InChI is InChI=1S/C13H12FN.C9H11NO.C2H6/c1-2-10-5-3-6-11(9-10)12-7-4-8-15-13(12)14;10-9(11)7-6-8-4-2-1-3-5-8;1-2/h3-9H,2H2,1H3;1-5H,6-7H2,(H2,10,11);1-2H3. The lowest BCUT2D eigenvalue weighted by Crippen LogP contribution is -2.10. The van der Waals surface area contributed by atoms with Gasteiger partial charge in [-0.1, -0.05) is 75.4 Å². The number of primary amides is 1. The van der Waals surface area contributed by atoms with Crippen molar-refractivity contribution in [3.63, 3.8) is 0 Å². The molecule has 0 unspecified atom stereocenters. The minimum atomic E-state index is -0.411. The number of nitrogens with zero attached hydrogens (tertiary/aromatic N) is 1. The van der Waals surface area contributed by atoms with E-state index in [9.17, 15) is 9.18 Å². The van der Waals surface area contributed by atoms with Crippen molar-refractivity contribution in [1.82, 2.24) is 4.98 Å². The number of rotatable bonds is 5. The summed E-state index contributed by atoms with van der Waals surface area (Å²) in [5, 5.41) is 0. The van der Waals surface area contributed by atoms with Gasteiger partial charge in [-0.2, -0.15) is 4.39 Å². The van der Waals surface area contributed by atoms with Crippen LogP contribution in [-0.2, 0) is 17.6 Å². The number of pyridine rings is 1. The van der Waals surface area contributed by atoms with E-state index in [0.29, 0.717) is 12.0 Å². The molecule has 2 N–H and O–H groups in total. The molecule has 2 aromatic carbocycles. The average molecular weight is 381 g/mol. The molecule has 3 nitrogen and oxygen atoms in total. The number of hydrogen-bond acceptors (Lipinski definition) is 2. The molecule has 0 bridgehead atoms. The lowest BCUT2D eigenvalue weighted by Gasteiger charge is -2.04. The van der Waals surface area contributed by atoms with Crippen LogP contribution in [0.3, 0.4) is 0 Å². The molecule has 1 aromatic heterocycles. The topological polar surface area (TPSA) is 56.0 Å². The van der Waals surface area contributed by atoms with Crippen molar-refractivity contribution in [3.8, 4) is 11.1 Å². The minimum Gasteiger partial charge on any atom is -0.370 e. The maximum absolute atomic E-state index is 13.4. The molecule has 148 valence electrons. The summed E-state index contributed by atoms with van der Waals surface area (Å²) in [5.41, 5.74) is 8.82. The van der Waals surface area contributed by atoms with Crippen LogP contribution in [-0.4, -0.2) is 10.9 Å². The molecule has 0 fully saturated rings. The predicted molar refractivity (Wildman–Crippen MR) is 114 cm³/mol. The first-order valence-corrected chi connectivity index (χ1v) is 9.62. The van der Waals surface area contributed by atoms with Crippen molar-refractivity contribution in [3.05, 3.63) is 90.0 Å². The molecular weight excluding hydrogens is 351 g/mol. The van der Waals surface area contributed by atoms with E-state index in [1.165, 1.54) is 11.8 Å². The van der Waals surface area contributed by atoms with Gasteiger partial charge < -0.3 is 5.73 Å². The van der Waals surface area contributed by atoms with E-state index < -0.39 is 5.95 Å². The second kappa shape index (κ2) is 13.2. The van der Waals surface area contributed by atoms with Gasteiger partial charge in [0.2, 0.25) is 11.9 Å². The second-order valence-corrected chi connectivity index (χ2v) is 5.85. The largest absolute Gasteiger partial charge is 0.370 e. The Hall–Kier alpha value is -3.01. The van der Waals surface area contributed by atoms with Crippen molar-refractivity contribution < 1.29 is 9.18 Å². The van der Waals surface area contributed by atoms with Crippen LogP contribution < -0.4 is 5.73 Å². The van der Waals surface area contributed by atoms with Gasteiger partial charge in [0.1, 0.15) is 0 Å². The zero-order valence-corrected chi connectivity index (χ0v) is 16.9. The molecule has 4 heteroatoms. The van der Waals surface area contributed by atoms with Gasteiger partial charge in [0.15, 0.2) is 0 Å². The highest BCUT2D eigenvalue weighted by Crippen LogP contribution is 2.22. The molecule has 3 rings (SSSR count). The molecule has 0 saturated carbocycles. The number of nitrogens with two attached hydrogens (primary N) is 1. The third kappa shape index (κ3) is 8.12. The third-order valence-corrected chi connectivity index (χ3v) is 3.91. The second-order valence-electron chi connectivity index (χ2n) is 5.85. The van der Waals surface area contributed by atoms with Gasteiger partial charge in [-0.05, 0) is 41.7 Å². The lowest BCUT2D eigenvalue weighted by atomic mass is 10.0. The van der Waals surface area contributed by atoms with E-state index in [1.54, 1.807) is 12.1 Å². The summed E-state index contributed by atoms with van der Waals surface area (Å²) < 4.78 is 13.4. The summed E-state index contributed by atoms with van der Waals surface area (Å²) in [4.78, 5) is 14.0. The Morgan fingerprint density at radius 3 is 2.25 bits per heavy atom. The number of amides is 1. The van der Waals surface area contributed by atoms with Crippen LogP contribution in [0.4, 0.5) is 4.39 Å². The average Bonchev–Trinajstić information content (AvgIpc) is 2.75. The van der Waals surface area contributed by atoms with E-state index in [-0.39, 0.29) is 5.91 Å². The Morgan fingerprint density at radius 2 is 1.64 bits per heavy atom. The molecule has 0 spiro atoms. The molecule has 1 heterocycles. The Labute approximate surface area is 167 Å². The van der Waals surface area contributed by atoms with E-state index >= 15 is 0 Å². The maximum Gasteiger partial charge on any atom is 0.220 e. The van der Waals surface area contributed by atoms with E-state index in [4.69, 9.17) is 5.73 Å². The van der Waals surface area contributed by atoms with Crippen LogP contribution in [0.25, 0.3) is 11.1 Å². The van der Waals surface area contributed by atoms with Crippen LogP contribution in [0.5, 0.6) is 0 Å². The lowest BCUT2D eigenvalue weighted by molar-refractivity contribution is -0.117. The molecule has 3 aromatic rings. The van der Waals surface area contributed by atoms with Crippen molar-refractivity contribution >= 4 is 5.91 Å². The molecule has 0 aliphatic rings. The predicted octanol–water partition coefficient (Wildman–Crippen LogP) is 5.58. The van der Waals surface area contributed by atoms with Gasteiger partial charge in [-0.25, -0.2) is 4.98 Å². The number of benzene rings is 2. The van der Waals surface area contributed by atoms with Gasteiger partial charge in [0, 0.05) is 18.2 Å². The van der Waals surface area contributed by atoms with Gasteiger partial charge in [0.05, 0.1) is 0 Å². The monoisotopic (exact) mass is 380 g/mol. The quantitative estimate of drug-likeness (QED) is 0.587. The number of hydrogen-bond donors (Lipinski definition) is 1. The summed E-state index contributed by atoms with van der Waals surface area (Å²) in [5.74, 6) is -0.653. The Morgan fingerprint density at radius 1 is 0.964 bits per heavy atom. The fourth-order valence-corrected chi connectivity index (χ4v) is 2.47. The fraction of sp³-hybridized carbons (Fsp3) is 0.250. The first kappa shape index (κ1) is 23.0.